The summed E-state index contributed by atoms with van der Waals surface area (Å²) < 4.78 is 8.83. The second-order valence-corrected chi connectivity index (χ2v) is 8.77. The van der Waals surface area contributed by atoms with Crippen LogP contribution in [-0.2, 0) is 17.3 Å². The van der Waals surface area contributed by atoms with Crippen LogP contribution in [0.2, 0.25) is 0 Å². The Kier molecular flexibility index (Phi) is 5.02. The van der Waals surface area contributed by atoms with Crippen molar-refractivity contribution < 1.29 is 19.5 Å². The number of rotatable bonds is 5. The number of aryl methyl sites for hydroxylation is 1. The van der Waals surface area contributed by atoms with Gasteiger partial charge in [-0.3, -0.25) is 9.63 Å². The van der Waals surface area contributed by atoms with Gasteiger partial charge in [0, 0.05) is 39.1 Å². The van der Waals surface area contributed by atoms with Gasteiger partial charge >= 0.3 is 0 Å². The first-order valence-electron chi connectivity index (χ1n) is 9.36. The maximum atomic E-state index is 13.4. The third-order valence-corrected chi connectivity index (χ3v) is 6.22. The molecule has 7 heteroatoms. The zero-order valence-corrected chi connectivity index (χ0v) is 18.1. The van der Waals surface area contributed by atoms with E-state index in [0.29, 0.717) is 11.3 Å². The molecule has 0 spiro atoms. The van der Waals surface area contributed by atoms with Gasteiger partial charge in [0.15, 0.2) is 5.78 Å². The van der Waals surface area contributed by atoms with E-state index in [1.54, 1.807) is 6.07 Å². The standard InChI is InChI=1S/C22H23BrN2O4/c1-22(2)17-9-13(28-11-14(10-26)29-24)5-7-15(17)20(27)19-16-6-4-12(23)8-18(16)25(3)21(19)22/h4-9,14,26H,10-11,24H2,1-3H3/t14-/m1/s1. The van der Waals surface area contributed by atoms with Crippen molar-refractivity contribution in [2.75, 3.05) is 13.2 Å². The summed E-state index contributed by atoms with van der Waals surface area (Å²) in [6.07, 6.45) is -0.608. The summed E-state index contributed by atoms with van der Waals surface area (Å²) in [5, 5.41) is 10.2. The van der Waals surface area contributed by atoms with Gasteiger partial charge < -0.3 is 14.4 Å². The second kappa shape index (κ2) is 7.25. The molecule has 4 rings (SSSR count). The van der Waals surface area contributed by atoms with Crippen molar-refractivity contribution in [1.82, 2.24) is 4.57 Å². The Morgan fingerprint density at radius 1 is 1.24 bits per heavy atom. The van der Waals surface area contributed by atoms with Crippen LogP contribution in [0.5, 0.6) is 5.75 Å². The van der Waals surface area contributed by atoms with Crippen LogP contribution >= 0.6 is 15.9 Å². The van der Waals surface area contributed by atoms with Gasteiger partial charge in [0.2, 0.25) is 0 Å². The van der Waals surface area contributed by atoms with E-state index in [0.717, 1.165) is 32.2 Å². The highest BCUT2D eigenvalue weighted by Gasteiger charge is 2.41. The minimum absolute atomic E-state index is 0.0207. The molecule has 0 aliphatic heterocycles. The van der Waals surface area contributed by atoms with Gasteiger partial charge in [-0.15, -0.1) is 0 Å². The third-order valence-electron chi connectivity index (χ3n) is 5.72. The molecule has 3 N–H and O–H groups in total. The quantitative estimate of drug-likeness (QED) is 0.571. The van der Waals surface area contributed by atoms with Crippen LogP contribution in [0, 0.1) is 0 Å². The summed E-state index contributed by atoms with van der Waals surface area (Å²) >= 11 is 3.53. The highest BCUT2D eigenvalue weighted by atomic mass is 79.9. The molecule has 29 heavy (non-hydrogen) atoms. The minimum atomic E-state index is -0.608. The molecule has 1 heterocycles. The molecule has 1 atom stereocenters. The number of nitrogens with two attached hydrogens (primary N) is 1. The number of hydrogen-bond acceptors (Lipinski definition) is 5. The summed E-state index contributed by atoms with van der Waals surface area (Å²) in [5.74, 6) is 5.77. The lowest BCUT2D eigenvalue weighted by Gasteiger charge is -2.34. The topological polar surface area (TPSA) is 86.7 Å². The van der Waals surface area contributed by atoms with Gasteiger partial charge in [0.1, 0.15) is 18.5 Å². The number of aromatic nitrogens is 1. The zero-order chi connectivity index (χ0) is 20.9. The fourth-order valence-corrected chi connectivity index (χ4v) is 4.63. The number of hydrogen-bond donors (Lipinski definition) is 2. The van der Waals surface area contributed by atoms with Crippen LogP contribution in [-0.4, -0.2) is 34.8 Å². The summed E-state index contributed by atoms with van der Waals surface area (Å²) in [6.45, 7) is 4.12. The first-order valence-corrected chi connectivity index (χ1v) is 10.2. The van der Waals surface area contributed by atoms with Gasteiger partial charge in [0.05, 0.1) is 12.2 Å². The first kappa shape index (κ1) is 20.1. The molecule has 0 bridgehead atoms. The molecule has 1 aliphatic rings. The van der Waals surface area contributed by atoms with E-state index in [1.165, 1.54) is 0 Å². The van der Waals surface area contributed by atoms with Crippen LogP contribution in [0.15, 0.2) is 40.9 Å². The molecule has 0 fully saturated rings. The van der Waals surface area contributed by atoms with Crippen LogP contribution in [0.25, 0.3) is 10.9 Å². The predicted octanol–water partition coefficient (Wildman–Crippen LogP) is 3.44. The molecule has 0 saturated carbocycles. The summed E-state index contributed by atoms with van der Waals surface area (Å²) in [7, 11) is 2.00. The number of halogens is 1. The fraction of sp³-hybridized carbons (Fsp3) is 0.318. The van der Waals surface area contributed by atoms with Crippen LogP contribution in [0.1, 0.15) is 41.0 Å². The summed E-state index contributed by atoms with van der Waals surface area (Å²) in [5.41, 5.74) is 3.95. The van der Waals surface area contributed by atoms with Crippen molar-refractivity contribution in [3.05, 3.63) is 63.3 Å². The Morgan fingerprint density at radius 2 is 2.00 bits per heavy atom. The molecule has 0 radical (unpaired) electrons. The largest absolute Gasteiger partial charge is 0.491 e. The Bertz CT molecular complexity index is 1120. The Labute approximate surface area is 177 Å². The van der Waals surface area contributed by atoms with E-state index >= 15 is 0 Å². The highest BCUT2D eigenvalue weighted by Crippen LogP contribution is 2.46. The molecule has 0 amide bonds. The maximum absolute atomic E-state index is 13.4. The molecule has 0 unspecified atom stereocenters. The normalized spacial score (nSPS) is 15.9. The van der Waals surface area contributed by atoms with E-state index in [1.807, 2.05) is 37.4 Å². The smallest absolute Gasteiger partial charge is 0.195 e. The predicted molar refractivity (Wildman–Crippen MR) is 114 cm³/mol. The molecule has 3 aromatic rings. The number of ketones is 1. The van der Waals surface area contributed by atoms with Crippen molar-refractivity contribution in [3.8, 4) is 5.75 Å². The highest BCUT2D eigenvalue weighted by molar-refractivity contribution is 9.10. The van der Waals surface area contributed by atoms with E-state index < -0.39 is 11.5 Å². The second-order valence-electron chi connectivity index (χ2n) is 7.86. The lowest BCUT2D eigenvalue weighted by Crippen LogP contribution is -2.32. The van der Waals surface area contributed by atoms with E-state index in [2.05, 4.69) is 39.2 Å². The Hall–Kier alpha value is -2.19. The number of aliphatic hydroxyl groups excluding tert-OH is 1. The third kappa shape index (κ3) is 3.09. The Balaban J connectivity index is 1.83. The first-order chi connectivity index (χ1) is 13.8. The molecule has 0 saturated heterocycles. The number of carbonyl (C=O) groups excluding carboxylic acids is 1. The van der Waals surface area contributed by atoms with Crippen LogP contribution in [0.4, 0.5) is 0 Å². The average Bonchev–Trinajstić information content (AvgIpc) is 3.00. The molecule has 1 aliphatic carbocycles. The fourth-order valence-electron chi connectivity index (χ4n) is 4.29. The number of benzene rings is 2. The van der Waals surface area contributed by atoms with Gasteiger partial charge in [-0.25, -0.2) is 5.90 Å². The molecule has 2 aromatic carbocycles. The lowest BCUT2D eigenvalue weighted by atomic mass is 9.71. The van der Waals surface area contributed by atoms with E-state index in [-0.39, 0.29) is 19.0 Å². The number of fused-ring (bicyclic) bond motifs is 4. The maximum Gasteiger partial charge on any atom is 0.195 e. The van der Waals surface area contributed by atoms with Crippen molar-refractivity contribution >= 4 is 32.6 Å². The lowest BCUT2D eigenvalue weighted by molar-refractivity contribution is -0.0147. The van der Waals surface area contributed by atoms with Crippen molar-refractivity contribution in [1.29, 1.82) is 0 Å². The van der Waals surface area contributed by atoms with Gasteiger partial charge in [0.25, 0.3) is 0 Å². The summed E-state index contributed by atoms with van der Waals surface area (Å²) in [6, 6.07) is 11.5. The van der Waals surface area contributed by atoms with E-state index in [9.17, 15) is 9.90 Å². The summed E-state index contributed by atoms with van der Waals surface area (Å²) in [4.78, 5) is 18.1. The van der Waals surface area contributed by atoms with Crippen LogP contribution < -0.4 is 10.6 Å². The van der Waals surface area contributed by atoms with E-state index in [4.69, 9.17) is 10.6 Å². The molecule has 152 valence electrons. The number of ether oxygens (including phenoxy) is 1. The van der Waals surface area contributed by atoms with Crippen LogP contribution in [0.3, 0.4) is 0 Å². The van der Waals surface area contributed by atoms with Crippen molar-refractivity contribution in [2.45, 2.75) is 25.4 Å². The SMILES string of the molecule is Cn1c2c(c3ccc(Br)cc31)C(=O)c1ccc(OC[C@@H](CO)ON)cc1C2(C)C. The van der Waals surface area contributed by atoms with Gasteiger partial charge in [-0.05, 0) is 35.9 Å². The molecular formula is C22H23BrN2O4. The minimum Gasteiger partial charge on any atom is -0.491 e. The number of aliphatic hydroxyl groups is 1. The Morgan fingerprint density at radius 3 is 2.69 bits per heavy atom. The molecule has 1 aromatic heterocycles. The molecular weight excluding hydrogens is 436 g/mol. The van der Waals surface area contributed by atoms with Gasteiger partial charge in [-0.2, -0.15) is 0 Å². The van der Waals surface area contributed by atoms with Crippen molar-refractivity contribution in [2.24, 2.45) is 12.9 Å². The average molecular weight is 459 g/mol. The van der Waals surface area contributed by atoms with Gasteiger partial charge in [-0.1, -0.05) is 35.8 Å². The van der Waals surface area contributed by atoms with Crippen molar-refractivity contribution in [3.63, 3.8) is 0 Å². The number of nitrogens with zero attached hydrogens (tertiary/aromatic N) is 1. The number of carbonyl (C=O) groups is 1. The molecule has 6 nitrogen and oxygen atoms in total. The zero-order valence-electron chi connectivity index (χ0n) is 16.5. The monoisotopic (exact) mass is 458 g/mol.